The average molecular weight is 212 g/mol. The molecule has 2 aliphatic rings. The van der Waals surface area contributed by atoms with E-state index in [1.165, 1.54) is 32.4 Å². The van der Waals surface area contributed by atoms with Gasteiger partial charge in [-0.1, -0.05) is 13.3 Å². The summed E-state index contributed by atoms with van der Waals surface area (Å²) in [5.41, 5.74) is 6.00. The van der Waals surface area contributed by atoms with E-state index in [1.54, 1.807) is 0 Å². The van der Waals surface area contributed by atoms with E-state index < -0.39 is 0 Å². The summed E-state index contributed by atoms with van der Waals surface area (Å²) in [7, 11) is 0. The zero-order chi connectivity index (χ0) is 10.7. The quantitative estimate of drug-likeness (QED) is 0.761. The molecule has 0 aromatic heterocycles. The van der Waals surface area contributed by atoms with E-state index in [0.29, 0.717) is 5.92 Å². The van der Waals surface area contributed by atoms with E-state index in [9.17, 15) is 0 Å². The van der Waals surface area contributed by atoms with Gasteiger partial charge in [0, 0.05) is 18.5 Å². The molecule has 0 radical (unpaired) electrons. The van der Waals surface area contributed by atoms with Crippen LogP contribution in [0.4, 0.5) is 0 Å². The molecule has 2 atom stereocenters. The van der Waals surface area contributed by atoms with Crippen LogP contribution in [-0.4, -0.2) is 43.8 Å². The number of nitrogens with zero attached hydrogens (tertiary/aromatic N) is 1. The fraction of sp³-hybridized carbons (Fsp3) is 1.00. The van der Waals surface area contributed by atoms with Gasteiger partial charge in [-0.3, -0.25) is 0 Å². The Bertz CT molecular complexity index is 190. The summed E-state index contributed by atoms with van der Waals surface area (Å²) in [6, 6.07) is 0.272. The molecule has 0 spiro atoms. The van der Waals surface area contributed by atoms with Crippen LogP contribution in [0.5, 0.6) is 0 Å². The molecule has 0 saturated carbocycles. The van der Waals surface area contributed by atoms with Gasteiger partial charge in [0.25, 0.3) is 0 Å². The molecule has 0 aliphatic carbocycles. The highest BCUT2D eigenvalue weighted by atomic mass is 16.5. The van der Waals surface area contributed by atoms with Crippen LogP contribution in [0.2, 0.25) is 0 Å². The van der Waals surface area contributed by atoms with Crippen LogP contribution in [0.1, 0.15) is 26.2 Å². The molecule has 2 heterocycles. The first kappa shape index (κ1) is 11.4. The Morgan fingerprint density at radius 2 is 2.00 bits per heavy atom. The molecule has 88 valence electrons. The van der Waals surface area contributed by atoms with E-state index in [4.69, 9.17) is 10.5 Å². The summed E-state index contributed by atoms with van der Waals surface area (Å²) in [4.78, 5) is 2.57. The van der Waals surface area contributed by atoms with Crippen LogP contribution >= 0.6 is 0 Å². The number of hydrogen-bond acceptors (Lipinski definition) is 3. The highest BCUT2D eigenvalue weighted by molar-refractivity contribution is 4.82. The lowest BCUT2D eigenvalue weighted by atomic mass is 9.93. The largest absolute Gasteiger partial charge is 0.379 e. The molecular formula is C12H24N2O. The van der Waals surface area contributed by atoms with Gasteiger partial charge in [0.2, 0.25) is 0 Å². The lowest BCUT2D eigenvalue weighted by Gasteiger charge is -2.33. The van der Waals surface area contributed by atoms with Gasteiger partial charge in [0.05, 0.1) is 13.2 Å². The summed E-state index contributed by atoms with van der Waals surface area (Å²) in [5, 5.41) is 0. The van der Waals surface area contributed by atoms with Crippen molar-refractivity contribution in [3.63, 3.8) is 0 Å². The van der Waals surface area contributed by atoms with Crippen LogP contribution in [-0.2, 0) is 4.74 Å². The molecule has 2 aliphatic heterocycles. The highest BCUT2D eigenvalue weighted by Crippen LogP contribution is 2.22. The molecule has 3 nitrogen and oxygen atoms in total. The number of nitrogens with two attached hydrogens (primary N) is 1. The predicted molar refractivity (Wildman–Crippen MR) is 61.7 cm³/mol. The molecule has 2 N–H and O–H groups in total. The van der Waals surface area contributed by atoms with E-state index in [0.717, 1.165) is 25.7 Å². The van der Waals surface area contributed by atoms with Crippen molar-refractivity contribution < 1.29 is 4.74 Å². The summed E-state index contributed by atoms with van der Waals surface area (Å²) < 4.78 is 5.40. The first-order valence-electron chi connectivity index (χ1n) is 6.35. The molecule has 2 unspecified atom stereocenters. The standard InChI is InChI=1S/C12H24N2O/c1-2-10-3-5-14(6-4-10)7-11-8-15-9-12(11)13/h10-12H,2-9,13H2,1H3. The van der Waals surface area contributed by atoms with Crippen molar-refractivity contribution >= 4 is 0 Å². The Balaban J connectivity index is 1.72. The van der Waals surface area contributed by atoms with Gasteiger partial charge in [-0.05, 0) is 31.8 Å². The smallest absolute Gasteiger partial charge is 0.0621 e. The van der Waals surface area contributed by atoms with Crippen LogP contribution in [0.15, 0.2) is 0 Å². The maximum absolute atomic E-state index is 6.00. The van der Waals surface area contributed by atoms with Gasteiger partial charge < -0.3 is 15.4 Å². The second-order valence-corrected chi connectivity index (χ2v) is 5.11. The van der Waals surface area contributed by atoms with E-state index in [1.807, 2.05) is 0 Å². The summed E-state index contributed by atoms with van der Waals surface area (Å²) in [6.07, 6.45) is 4.10. The number of piperidine rings is 1. The fourth-order valence-corrected chi connectivity index (χ4v) is 2.71. The third kappa shape index (κ3) is 2.92. The van der Waals surface area contributed by atoms with Crippen molar-refractivity contribution in [3.05, 3.63) is 0 Å². The van der Waals surface area contributed by atoms with Gasteiger partial charge in [0.15, 0.2) is 0 Å². The van der Waals surface area contributed by atoms with Gasteiger partial charge >= 0.3 is 0 Å². The molecule has 0 aromatic rings. The molecule has 15 heavy (non-hydrogen) atoms. The Morgan fingerprint density at radius 3 is 2.53 bits per heavy atom. The first-order chi connectivity index (χ1) is 7.29. The SMILES string of the molecule is CCC1CCN(CC2COCC2N)CC1. The summed E-state index contributed by atoms with van der Waals surface area (Å²) in [6.45, 7) is 7.62. The topological polar surface area (TPSA) is 38.5 Å². The minimum Gasteiger partial charge on any atom is -0.379 e. The second kappa shape index (κ2) is 5.28. The van der Waals surface area contributed by atoms with E-state index in [-0.39, 0.29) is 6.04 Å². The molecule has 2 rings (SSSR count). The minimum atomic E-state index is 0.272. The zero-order valence-electron chi connectivity index (χ0n) is 9.82. The number of hydrogen-bond donors (Lipinski definition) is 1. The summed E-state index contributed by atoms with van der Waals surface area (Å²) >= 11 is 0. The van der Waals surface area contributed by atoms with Crippen molar-refractivity contribution in [2.45, 2.75) is 32.2 Å². The Labute approximate surface area is 93.0 Å². The number of rotatable bonds is 3. The molecular weight excluding hydrogens is 188 g/mol. The lowest BCUT2D eigenvalue weighted by Crippen LogP contribution is -2.42. The van der Waals surface area contributed by atoms with Crippen molar-refractivity contribution in [2.24, 2.45) is 17.6 Å². The maximum Gasteiger partial charge on any atom is 0.0621 e. The molecule has 2 fully saturated rings. The maximum atomic E-state index is 6.00. The first-order valence-corrected chi connectivity index (χ1v) is 6.35. The fourth-order valence-electron chi connectivity index (χ4n) is 2.71. The van der Waals surface area contributed by atoms with Crippen LogP contribution in [0.3, 0.4) is 0 Å². The van der Waals surface area contributed by atoms with Crippen molar-refractivity contribution in [1.82, 2.24) is 4.90 Å². The number of likely N-dealkylation sites (tertiary alicyclic amines) is 1. The summed E-state index contributed by atoms with van der Waals surface area (Å²) in [5.74, 6) is 1.54. The lowest BCUT2D eigenvalue weighted by molar-refractivity contribution is 0.139. The van der Waals surface area contributed by atoms with E-state index in [2.05, 4.69) is 11.8 Å². The van der Waals surface area contributed by atoms with Gasteiger partial charge in [-0.2, -0.15) is 0 Å². The Kier molecular flexibility index (Phi) is 4.00. The zero-order valence-corrected chi connectivity index (χ0v) is 9.82. The predicted octanol–water partition coefficient (Wildman–Crippen LogP) is 1.08. The van der Waals surface area contributed by atoms with Crippen LogP contribution in [0.25, 0.3) is 0 Å². The van der Waals surface area contributed by atoms with Gasteiger partial charge in [-0.15, -0.1) is 0 Å². The third-order valence-corrected chi connectivity index (χ3v) is 4.02. The van der Waals surface area contributed by atoms with Crippen molar-refractivity contribution in [1.29, 1.82) is 0 Å². The van der Waals surface area contributed by atoms with Gasteiger partial charge in [-0.25, -0.2) is 0 Å². The van der Waals surface area contributed by atoms with E-state index >= 15 is 0 Å². The Morgan fingerprint density at radius 1 is 1.27 bits per heavy atom. The second-order valence-electron chi connectivity index (χ2n) is 5.11. The molecule has 2 saturated heterocycles. The molecule has 3 heteroatoms. The van der Waals surface area contributed by atoms with Crippen LogP contribution in [0, 0.1) is 11.8 Å². The average Bonchev–Trinajstić information content (AvgIpc) is 2.66. The van der Waals surface area contributed by atoms with Crippen LogP contribution < -0.4 is 5.73 Å². The van der Waals surface area contributed by atoms with Crippen molar-refractivity contribution in [2.75, 3.05) is 32.8 Å². The normalized spacial score (nSPS) is 34.8. The van der Waals surface area contributed by atoms with Crippen molar-refractivity contribution in [3.8, 4) is 0 Å². The van der Waals surface area contributed by atoms with Gasteiger partial charge in [0.1, 0.15) is 0 Å². The molecule has 0 amide bonds. The molecule has 0 aromatic carbocycles. The Hall–Kier alpha value is -0.120. The number of ether oxygens (including phenoxy) is 1. The molecule has 0 bridgehead atoms. The highest BCUT2D eigenvalue weighted by Gasteiger charge is 2.28. The monoisotopic (exact) mass is 212 g/mol. The third-order valence-electron chi connectivity index (χ3n) is 4.02. The minimum absolute atomic E-state index is 0.272.